The van der Waals surface area contributed by atoms with Crippen LogP contribution in [0.4, 0.5) is 0 Å². The highest BCUT2D eigenvalue weighted by molar-refractivity contribution is 7.26. The number of benzene rings is 7. The molecule has 234 valence electrons. The van der Waals surface area contributed by atoms with Gasteiger partial charge in [-0.15, -0.1) is 11.3 Å². The van der Waals surface area contributed by atoms with Gasteiger partial charge in [-0.2, -0.15) is 0 Å². The van der Waals surface area contributed by atoms with Gasteiger partial charge in [0.05, 0.1) is 0 Å². The minimum atomic E-state index is 0.600. The number of thiophene rings is 1. The molecule has 10 aromatic rings. The standard InChI is InChI=1S/C45H27N3OS/c1-4-13-28(14-5-1)32-25-37(29-15-6-2-7-16-29)41-38(26-32)33-24-23-31(27-39(33)49-41)44-46-43(30-17-8-3-9-18-30)47-45(48-44)36-21-12-20-35-34-19-10-11-22-40(34)50-42(35)36/h1-27H. The summed E-state index contributed by atoms with van der Waals surface area (Å²) in [5, 5.41) is 4.57. The second-order valence-corrected chi connectivity index (χ2v) is 13.5. The molecule has 0 saturated heterocycles. The van der Waals surface area contributed by atoms with Crippen molar-refractivity contribution in [1.82, 2.24) is 15.0 Å². The molecule has 0 radical (unpaired) electrons. The fourth-order valence-electron chi connectivity index (χ4n) is 6.91. The molecule has 0 aliphatic rings. The molecule has 0 aliphatic carbocycles. The first-order valence-electron chi connectivity index (χ1n) is 16.6. The molecule has 0 aliphatic heterocycles. The Bertz CT molecular complexity index is 2860. The van der Waals surface area contributed by atoms with Crippen molar-refractivity contribution in [3.63, 3.8) is 0 Å². The van der Waals surface area contributed by atoms with Crippen molar-refractivity contribution in [1.29, 1.82) is 0 Å². The third-order valence-corrected chi connectivity index (χ3v) is 10.6. The molecular weight excluding hydrogens is 631 g/mol. The maximum atomic E-state index is 6.74. The summed E-state index contributed by atoms with van der Waals surface area (Å²) in [5.74, 6) is 1.88. The van der Waals surface area contributed by atoms with E-state index in [-0.39, 0.29) is 0 Å². The van der Waals surface area contributed by atoms with Crippen LogP contribution in [0.5, 0.6) is 0 Å². The lowest BCUT2D eigenvalue weighted by Gasteiger charge is -2.09. The van der Waals surface area contributed by atoms with Crippen molar-refractivity contribution in [2.24, 2.45) is 0 Å². The third-order valence-electron chi connectivity index (χ3n) is 9.34. The van der Waals surface area contributed by atoms with Crippen LogP contribution < -0.4 is 0 Å². The Hall–Kier alpha value is -6.43. The van der Waals surface area contributed by atoms with Crippen LogP contribution in [0.3, 0.4) is 0 Å². The Balaban J connectivity index is 1.18. The molecule has 3 heterocycles. The van der Waals surface area contributed by atoms with Gasteiger partial charge in [0.15, 0.2) is 17.5 Å². The average molecular weight is 658 g/mol. The minimum absolute atomic E-state index is 0.600. The molecule has 0 atom stereocenters. The smallest absolute Gasteiger partial charge is 0.165 e. The van der Waals surface area contributed by atoms with E-state index >= 15 is 0 Å². The number of aromatic nitrogens is 3. The zero-order chi connectivity index (χ0) is 33.0. The van der Waals surface area contributed by atoms with Crippen LogP contribution in [-0.4, -0.2) is 15.0 Å². The van der Waals surface area contributed by atoms with Gasteiger partial charge < -0.3 is 4.42 Å². The molecule has 0 amide bonds. The summed E-state index contributed by atoms with van der Waals surface area (Å²) in [6.45, 7) is 0. The fraction of sp³-hybridized carbons (Fsp3) is 0. The van der Waals surface area contributed by atoms with Crippen molar-refractivity contribution < 1.29 is 4.42 Å². The maximum absolute atomic E-state index is 6.74. The van der Waals surface area contributed by atoms with Gasteiger partial charge in [-0.1, -0.05) is 127 Å². The lowest BCUT2D eigenvalue weighted by Crippen LogP contribution is -2.00. The molecule has 0 bridgehead atoms. The quantitative estimate of drug-likeness (QED) is 0.185. The van der Waals surface area contributed by atoms with Gasteiger partial charge in [0.25, 0.3) is 0 Å². The lowest BCUT2D eigenvalue weighted by atomic mass is 9.95. The second-order valence-electron chi connectivity index (χ2n) is 12.4. The van der Waals surface area contributed by atoms with Gasteiger partial charge in [0, 0.05) is 53.2 Å². The van der Waals surface area contributed by atoms with E-state index in [1.807, 2.05) is 42.5 Å². The first-order valence-corrected chi connectivity index (χ1v) is 17.4. The highest BCUT2D eigenvalue weighted by Crippen LogP contribution is 2.42. The zero-order valence-corrected chi connectivity index (χ0v) is 27.6. The van der Waals surface area contributed by atoms with Crippen LogP contribution in [-0.2, 0) is 0 Å². The molecule has 0 saturated carbocycles. The normalized spacial score (nSPS) is 11.6. The summed E-state index contributed by atoms with van der Waals surface area (Å²) in [6.07, 6.45) is 0. The molecule has 4 nitrogen and oxygen atoms in total. The summed E-state index contributed by atoms with van der Waals surface area (Å²) >= 11 is 1.77. The Morgan fingerprint density at radius 3 is 1.80 bits per heavy atom. The summed E-state index contributed by atoms with van der Waals surface area (Å²) in [6, 6.07) is 56.8. The van der Waals surface area contributed by atoms with E-state index in [1.165, 1.54) is 20.2 Å². The molecular formula is C45H27N3OS. The number of nitrogens with zero attached hydrogens (tertiary/aromatic N) is 3. The molecule has 0 N–H and O–H groups in total. The van der Waals surface area contributed by atoms with Crippen molar-refractivity contribution in [2.45, 2.75) is 0 Å². The van der Waals surface area contributed by atoms with E-state index in [1.54, 1.807) is 11.3 Å². The zero-order valence-electron chi connectivity index (χ0n) is 26.7. The van der Waals surface area contributed by atoms with E-state index in [2.05, 4.69) is 121 Å². The molecule has 3 aromatic heterocycles. The molecule has 0 unspecified atom stereocenters. The van der Waals surface area contributed by atoms with Gasteiger partial charge in [-0.25, -0.2) is 15.0 Å². The predicted octanol–water partition coefficient (Wildman–Crippen LogP) is 12.5. The summed E-state index contributed by atoms with van der Waals surface area (Å²) < 4.78 is 9.15. The van der Waals surface area contributed by atoms with E-state index in [0.29, 0.717) is 17.5 Å². The van der Waals surface area contributed by atoms with Crippen molar-refractivity contribution >= 4 is 53.4 Å². The van der Waals surface area contributed by atoms with Gasteiger partial charge >= 0.3 is 0 Å². The van der Waals surface area contributed by atoms with Crippen LogP contribution in [0.2, 0.25) is 0 Å². The average Bonchev–Trinajstić information content (AvgIpc) is 3.76. The van der Waals surface area contributed by atoms with Gasteiger partial charge in [0.1, 0.15) is 11.2 Å². The monoisotopic (exact) mass is 657 g/mol. The van der Waals surface area contributed by atoms with Crippen LogP contribution >= 0.6 is 11.3 Å². The minimum Gasteiger partial charge on any atom is -0.455 e. The van der Waals surface area contributed by atoms with Gasteiger partial charge in [-0.3, -0.25) is 0 Å². The Labute approximate surface area is 292 Å². The van der Waals surface area contributed by atoms with E-state index in [9.17, 15) is 0 Å². The molecule has 5 heteroatoms. The summed E-state index contributed by atoms with van der Waals surface area (Å²) in [5.41, 5.74) is 8.93. The van der Waals surface area contributed by atoms with Crippen molar-refractivity contribution in [3.8, 4) is 56.4 Å². The number of hydrogen-bond donors (Lipinski definition) is 0. The molecule has 10 rings (SSSR count). The third kappa shape index (κ3) is 4.79. The first-order chi connectivity index (χ1) is 24.8. The molecule has 7 aromatic carbocycles. The lowest BCUT2D eigenvalue weighted by molar-refractivity contribution is 0.670. The highest BCUT2D eigenvalue weighted by atomic mass is 32.1. The first kappa shape index (κ1) is 28.6. The van der Waals surface area contributed by atoms with Crippen LogP contribution in [0.15, 0.2) is 168 Å². The Kier molecular flexibility index (Phi) is 6.64. The van der Waals surface area contributed by atoms with Crippen LogP contribution in [0.25, 0.3) is 98.5 Å². The molecule has 50 heavy (non-hydrogen) atoms. The largest absolute Gasteiger partial charge is 0.455 e. The van der Waals surface area contributed by atoms with Crippen LogP contribution in [0.1, 0.15) is 0 Å². The van der Waals surface area contributed by atoms with Crippen LogP contribution in [0, 0.1) is 0 Å². The fourth-order valence-corrected chi connectivity index (χ4v) is 8.12. The number of rotatable bonds is 5. The van der Waals surface area contributed by atoms with Gasteiger partial charge in [0.2, 0.25) is 0 Å². The second kappa shape index (κ2) is 11.6. The maximum Gasteiger partial charge on any atom is 0.165 e. The van der Waals surface area contributed by atoms with E-state index < -0.39 is 0 Å². The van der Waals surface area contributed by atoms with E-state index in [0.717, 1.165) is 60.9 Å². The Morgan fingerprint density at radius 2 is 1.02 bits per heavy atom. The molecule has 0 fully saturated rings. The van der Waals surface area contributed by atoms with E-state index in [4.69, 9.17) is 19.4 Å². The Morgan fingerprint density at radius 1 is 0.380 bits per heavy atom. The number of hydrogen-bond acceptors (Lipinski definition) is 5. The van der Waals surface area contributed by atoms with Crippen molar-refractivity contribution in [3.05, 3.63) is 164 Å². The van der Waals surface area contributed by atoms with Gasteiger partial charge in [-0.05, 0) is 53.1 Å². The highest BCUT2D eigenvalue weighted by Gasteiger charge is 2.19. The van der Waals surface area contributed by atoms with Crippen molar-refractivity contribution in [2.75, 3.05) is 0 Å². The summed E-state index contributed by atoms with van der Waals surface area (Å²) in [4.78, 5) is 15.2. The SMILES string of the molecule is c1ccc(-c2cc(-c3ccccc3)c3oc4cc(-c5nc(-c6ccccc6)nc(-c6cccc7c6sc6ccccc67)n5)ccc4c3c2)cc1. The number of fused-ring (bicyclic) bond motifs is 6. The predicted molar refractivity (Wildman–Crippen MR) is 207 cm³/mol. The topological polar surface area (TPSA) is 51.8 Å². The number of furan rings is 1. The summed E-state index contributed by atoms with van der Waals surface area (Å²) in [7, 11) is 0. The molecule has 0 spiro atoms.